The Kier molecular flexibility index (Phi) is 7.14. The molecule has 180 valence electrons. The fourth-order valence-electron chi connectivity index (χ4n) is 2.73. The molecular formula is C11H12N3O14P3S-4. The van der Waals surface area contributed by atoms with Gasteiger partial charge in [0, 0.05) is 5.38 Å². The Morgan fingerprint density at radius 3 is 2.44 bits per heavy atom. The summed E-state index contributed by atoms with van der Waals surface area (Å²) in [6, 6.07) is 0. The minimum absolute atomic E-state index is 0.0657. The van der Waals surface area contributed by atoms with E-state index in [1.807, 2.05) is 0 Å². The number of ether oxygens (including phenoxy) is 1. The molecule has 0 saturated carbocycles. The van der Waals surface area contributed by atoms with Gasteiger partial charge in [0.1, 0.15) is 24.4 Å². The number of hydrogen-bond donors (Lipinski definition) is 4. The second-order valence-corrected chi connectivity index (χ2v) is 11.3. The lowest BCUT2D eigenvalue weighted by atomic mass is 10.1. The Labute approximate surface area is 180 Å². The van der Waals surface area contributed by atoms with E-state index in [9.17, 15) is 48.3 Å². The van der Waals surface area contributed by atoms with E-state index in [1.54, 1.807) is 0 Å². The number of H-pyrrole nitrogens is 1. The number of anilines is 1. The van der Waals surface area contributed by atoms with Crippen LogP contribution in [-0.4, -0.2) is 45.1 Å². The van der Waals surface area contributed by atoms with Crippen molar-refractivity contribution in [2.75, 3.05) is 12.3 Å². The van der Waals surface area contributed by atoms with E-state index in [2.05, 4.69) is 23.1 Å². The molecule has 32 heavy (non-hydrogen) atoms. The number of aliphatic hydroxyl groups is 2. The Bertz CT molecular complexity index is 1210. The molecule has 3 heterocycles. The number of fused-ring (bicyclic) bond motifs is 1. The number of nitrogen functional groups attached to an aromatic ring is 1. The zero-order valence-electron chi connectivity index (χ0n) is 15.2. The van der Waals surface area contributed by atoms with Crippen LogP contribution in [0.2, 0.25) is 0 Å². The molecule has 0 aliphatic carbocycles. The van der Waals surface area contributed by atoms with Crippen LogP contribution in [0.4, 0.5) is 5.95 Å². The van der Waals surface area contributed by atoms with E-state index in [1.165, 1.54) is 5.38 Å². The lowest BCUT2D eigenvalue weighted by Crippen LogP contribution is -2.33. The number of rotatable bonds is 8. The summed E-state index contributed by atoms with van der Waals surface area (Å²) >= 11 is 0.931. The molecule has 6 unspecified atom stereocenters. The minimum Gasteiger partial charge on any atom is -0.790 e. The lowest BCUT2D eigenvalue weighted by Gasteiger charge is -2.37. The van der Waals surface area contributed by atoms with Gasteiger partial charge in [-0.15, -0.1) is 11.3 Å². The second kappa shape index (κ2) is 8.94. The smallest absolute Gasteiger partial charge is 0.278 e. The molecule has 17 nitrogen and oxygen atoms in total. The van der Waals surface area contributed by atoms with Crippen LogP contribution >= 0.6 is 34.8 Å². The summed E-state index contributed by atoms with van der Waals surface area (Å²) in [5, 5.41) is 21.9. The van der Waals surface area contributed by atoms with Gasteiger partial charge in [-0.05, 0) is 0 Å². The molecule has 1 aliphatic rings. The molecule has 0 amide bonds. The lowest BCUT2D eigenvalue weighted by molar-refractivity contribution is -0.339. The van der Waals surface area contributed by atoms with Gasteiger partial charge in [-0.3, -0.25) is 23.2 Å². The van der Waals surface area contributed by atoms with Gasteiger partial charge in [-0.1, -0.05) is 0 Å². The van der Waals surface area contributed by atoms with Crippen LogP contribution in [-0.2, 0) is 31.6 Å². The van der Waals surface area contributed by atoms with Gasteiger partial charge >= 0.3 is 0 Å². The molecule has 1 fully saturated rings. The highest BCUT2D eigenvalue weighted by Crippen LogP contribution is 2.60. The van der Waals surface area contributed by atoms with E-state index in [-0.39, 0.29) is 21.7 Å². The molecule has 0 bridgehead atoms. The van der Waals surface area contributed by atoms with E-state index >= 15 is 0 Å². The van der Waals surface area contributed by atoms with Crippen molar-refractivity contribution in [3.63, 3.8) is 0 Å². The highest BCUT2D eigenvalue weighted by molar-refractivity contribution is 7.64. The van der Waals surface area contributed by atoms with Crippen molar-refractivity contribution in [3.8, 4) is 0 Å². The number of aromatic nitrogens is 2. The predicted octanol–water partition coefficient (Wildman–Crippen LogP) is -3.46. The maximum absolute atomic E-state index is 11.9. The fraction of sp³-hybridized carbons (Fsp3) is 0.455. The second-order valence-electron chi connectivity index (χ2n) is 6.19. The molecule has 1 saturated heterocycles. The number of nitrogens with one attached hydrogen (secondary N) is 1. The number of phosphoric ester groups is 1. The van der Waals surface area contributed by atoms with Crippen molar-refractivity contribution in [3.05, 3.63) is 20.6 Å². The SMILES string of the molecule is Nc1nc2c(C3OC(COP(=O)([O-])OP(=O)([O-])OP(=O)([O-])[O-])C(O)C3O)scc2c(=O)[nH]1. The number of phosphoric acid groups is 3. The summed E-state index contributed by atoms with van der Waals surface area (Å²) < 4.78 is 49.1. The van der Waals surface area contributed by atoms with Gasteiger partial charge in [0.2, 0.25) is 5.95 Å². The van der Waals surface area contributed by atoms with E-state index < -0.39 is 60.1 Å². The molecule has 5 N–H and O–H groups in total. The van der Waals surface area contributed by atoms with Crippen LogP contribution in [0.25, 0.3) is 10.9 Å². The molecule has 6 atom stereocenters. The van der Waals surface area contributed by atoms with E-state index in [4.69, 9.17) is 10.5 Å². The summed E-state index contributed by atoms with van der Waals surface area (Å²) in [6.45, 7) is -1.10. The number of thiophene rings is 1. The first-order valence-corrected chi connectivity index (χ1v) is 13.3. The summed E-state index contributed by atoms with van der Waals surface area (Å²) in [5.74, 6) is -0.232. The first-order chi connectivity index (χ1) is 14.6. The van der Waals surface area contributed by atoms with Gasteiger partial charge in [0.05, 0.1) is 30.2 Å². The van der Waals surface area contributed by atoms with Crippen LogP contribution in [0.15, 0.2) is 10.2 Å². The molecule has 0 spiro atoms. The third-order valence-corrected chi connectivity index (χ3v) is 8.63. The van der Waals surface area contributed by atoms with Crippen molar-refractivity contribution in [1.29, 1.82) is 0 Å². The number of nitrogens with zero attached hydrogens (tertiary/aromatic N) is 1. The Morgan fingerprint density at radius 2 is 1.81 bits per heavy atom. The highest BCUT2D eigenvalue weighted by atomic mass is 32.1. The van der Waals surface area contributed by atoms with Crippen molar-refractivity contribution in [2.45, 2.75) is 24.4 Å². The van der Waals surface area contributed by atoms with Crippen LogP contribution in [0.1, 0.15) is 11.0 Å². The molecule has 2 aromatic rings. The normalized spacial score (nSPS) is 27.9. The summed E-state index contributed by atoms with van der Waals surface area (Å²) in [7, 11) is -18.1. The third kappa shape index (κ3) is 5.88. The average Bonchev–Trinajstić information content (AvgIpc) is 3.12. The number of hydrogen-bond acceptors (Lipinski definition) is 17. The van der Waals surface area contributed by atoms with Gasteiger partial charge in [-0.2, -0.15) is 0 Å². The minimum atomic E-state index is -6.16. The number of aliphatic hydroxyl groups excluding tert-OH is 2. The van der Waals surface area contributed by atoms with Crippen molar-refractivity contribution in [1.82, 2.24) is 9.97 Å². The third-order valence-electron chi connectivity index (χ3n) is 3.93. The molecule has 2 aromatic heterocycles. The zero-order valence-corrected chi connectivity index (χ0v) is 18.7. The molecule has 0 radical (unpaired) electrons. The van der Waals surface area contributed by atoms with Crippen molar-refractivity contribution < 1.29 is 61.4 Å². The maximum Gasteiger partial charge on any atom is 0.278 e. The van der Waals surface area contributed by atoms with E-state index in [0.717, 1.165) is 11.3 Å². The first-order valence-electron chi connectivity index (χ1n) is 8.08. The quantitative estimate of drug-likeness (QED) is 0.239. The maximum atomic E-state index is 11.9. The Hall–Kier alpha value is -1.07. The largest absolute Gasteiger partial charge is 0.790 e. The topological polar surface area (TPSA) is 293 Å². The molecular weight excluding hydrogens is 523 g/mol. The zero-order chi connectivity index (χ0) is 24.1. The van der Waals surface area contributed by atoms with Crippen LogP contribution in [0, 0.1) is 0 Å². The Morgan fingerprint density at radius 1 is 1.16 bits per heavy atom. The van der Waals surface area contributed by atoms with Crippen LogP contribution < -0.4 is 30.9 Å². The highest BCUT2D eigenvalue weighted by Gasteiger charge is 2.45. The van der Waals surface area contributed by atoms with Crippen molar-refractivity contribution in [2.24, 2.45) is 0 Å². The average molecular weight is 535 g/mol. The summed E-state index contributed by atoms with van der Waals surface area (Å²) in [6.07, 6.45) is -6.27. The van der Waals surface area contributed by atoms with Crippen molar-refractivity contribution >= 4 is 51.7 Å². The molecule has 21 heteroatoms. The van der Waals surface area contributed by atoms with Gasteiger partial charge in [0.25, 0.3) is 21.2 Å². The number of aromatic amines is 1. The van der Waals surface area contributed by atoms with Gasteiger partial charge in [0.15, 0.2) is 0 Å². The first kappa shape index (κ1) is 25.6. The fourth-order valence-corrected chi connectivity index (χ4v) is 6.65. The van der Waals surface area contributed by atoms with Crippen LogP contribution in [0.3, 0.4) is 0 Å². The van der Waals surface area contributed by atoms with Gasteiger partial charge < -0.3 is 49.3 Å². The number of nitrogens with two attached hydrogens (primary N) is 1. The standard InChI is InChI=1S/C11H16N3O14P3S/c12-11-13-5-3(10(17)14-11)2-32-9(5)8-7(16)6(15)4(26-8)1-25-30(21,22)28-31(23,24)27-29(18,19)20/h2,4,6-8,15-16H,1H2,(H,21,22)(H,23,24)(H2,18,19,20)(H3,12,13,14,17)/p-4. The summed E-state index contributed by atoms with van der Waals surface area (Å²) in [4.78, 5) is 61.7. The molecule has 0 aromatic carbocycles. The monoisotopic (exact) mass is 535 g/mol. The summed E-state index contributed by atoms with van der Waals surface area (Å²) in [5.41, 5.74) is 4.99. The van der Waals surface area contributed by atoms with Gasteiger partial charge in [-0.25, -0.2) is 9.29 Å². The predicted molar refractivity (Wildman–Crippen MR) is 95.2 cm³/mol. The van der Waals surface area contributed by atoms with Crippen LogP contribution in [0.5, 0.6) is 0 Å². The molecule has 3 rings (SSSR count). The Balaban J connectivity index is 1.72. The van der Waals surface area contributed by atoms with E-state index in [0.29, 0.717) is 0 Å². The molecule has 1 aliphatic heterocycles.